The summed E-state index contributed by atoms with van der Waals surface area (Å²) in [7, 11) is 0.563. The Hall–Kier alpha value is -2.81. The predicted octanol–water partition coefficient (Wildman–Crippen LogP) is 3.83. The number of anilines is 1. The van der Waals surface area contributed by atoms with Gasteiger partial charge in [-0.15, -0.1) is 0 Å². The van der Waals surface area contributed by atoms with Crippen LogP contribution in [-0.2, 0) is 16.1 Å². The molecule has 0 aliphatic carbocycles. The average molecular weight is 579 g/mol. The van der Waals surface area contributed by atoms with E-state index >= 15 is 4.39 Å². The molecule has 2 aliphatic rings. The molecule has 180 valence electrons. The maximum Gasteiger partial charge on any atom is 0.270 e. The highest BCUT2D eigenvalue weighted by atomic mass is 79.9. The Morgan fingerprint density at radius 1 is 1.20 bits per heavy atom. The first kappa shape index (κ1) is 23.9. The van der Waals surface area contributed by atoms with Gasteiger partial charge in [-0.1, -0.05) is 50.5 Å². The second-order valence-corrected chi connectivity index (χ2v) is 11.2. The van der Waals surface area contributed by atoms with Crippen LogP contribution in [-0.4, -0.2) is 49.9 Å². The van der Waals surface area contributed by atoms with E-state index in [0.717, 1.165) is 0 Å². The number of nitrogens with zero attached hydrogens (tertiary/aromatic N) is 3. The van der Waals surface area contributed by atoms with Gasteiger partial charge in [-0.3, -0.25) is 19.1 Å². The van der Waals surface area contributed by atoms with Crippen molar-refractivity contribution in [2.24, 2.45) is 5.73 Å². The Morgan fingerprint density at radius 3 is 2.66 bits per heavy atom. The van der Waals surface area contributed by atoms with Crippen LogP contribution in [0.15, 0.2) is 53.1 Å². The number of halogens is 3. The third-order valence-corrected chi connectivity index (χ3v) is 8.56. The first-order valence-electron chi connectivity index (χ1n) is 10.7. The molecule has 3 aromatic rings. The topological polar surface area (TPSA) is 110 Å². The molecule has 12 heteroatoms. The molecule has 2 saturated heterocycles. The van der Waals surface area contributed by atoms with E-state index in [9.17, 15) is 14.4 Å². The quantitative estimate of drug-likeness (QED) is 0.433. The minimum absolute atomic E-state index is 0.00725. The lowest BCUT2D eigenvalue weighted by Gasteiger charge is -2.27. The van der Waals surface area contributed by atoms with Crippen LogP contribution in [0.5, 0.6) is 0 Å². The summed E-state index contributed by atoms with van der Waals surface area (Å²) < 4.78 is 17.0. The summed E-state index contributed by atoms with van der Waals surface area (Å²) in [6, 6.07) is 10.9. The maximum absolute atomic E-state index is 15.3. The van der Waals surface area contributed by atoms with Crippen molar-refractivity contribution in [3.63, 3.8) is 0 Å². The highest BCUT2D eigenvalue weighted by molar-refractivity contribution is 9.10. The van der Waals surface area contributed by atoms with Gasteiger partial charge in [0.25, 0.3) is 5.91 Å². The summed E-state index contributed by atoms with van der Waals surface area (Å²) >= 11 is 9.43. The van der Waals surface area contributed by atoms with E-state index in [1.54, 1.807) is 41.3 Å². The van der Waals surface area contributed by atoms with Gasteiger partial charge in [0.2, 0.25) is 11.8 Å². The minimum atomic E-state index is -0.725. The zero-order valence-electron chi connectivity index (χ0n) is 18.0. The third-order valence-electron chi connectivity index (χ3n) is 6.03. The molecule has 3 amide bonds. The van der Waals surface area contributed by atoms with Crippen LogP contribution in [0, 0.1) is 5.82 Å². The Morgan fingerprint density at radius 2 is 1.94 bits per heavy atom. The minimum Gasteiger partial charge on any atom is -0.364 e. The summed E-state index contributed by atoms with van der Waals surface area (Å²) in [5, 5.41) is 7.10. The lowest BCUT2D eigenvalue weighted by atomic mass is 10.0. The van der Waals surface area contributed by atoms with Gasteiger partial charge in [-0.2, -0.15) is 5.10 Å². The first-order chi connectivity index (χ1) is 16.7. The fourth-order valence-electron chi connectivity index (χ4n) is 4.34. The van der Waals surface area contributed by atoms with Gasteiger partial charge < -0.3 is 16.0 Å². The summed E-state index contributed by atoms with van der Waals surface area (Å²) in [5.41, 5.74) is 6.37. The van der Waals surface area contributed by atoms with E-state index in [1.165, 1.54) is 16.9 Å². The number of benzene rings is 2. The van der Waals surface area contributed by atoms with Crippen molar-refractivity contribution in [3.8, 4) is 11.1 Å². The molecule has 2 fully saturated rings. The maximum atomic E-state index is 15.3. The van der Waals surface area contributed by atoms with Crippen LogP contribution in [0.2, 0.25) is 5.02 Å². The molecule has 3 heterocycles. The Bertz CT molecular complexity index is 1370. The molecule has 0 saturated carbocycles. The molecule has 1 aromatic heterocycles. The summed E-state index contributed by atoms with van der Waals surface area (Å²) in [4.78, 5) is 39.3. The number of fused-ring (bicyclic) bond motifs is 1. The zero-order chi connectivity index (χ0) is 24.9. The van der Waals surface area contributed by atoms with Gasteiger partial charge in [0.1, 0.15) is 12.6 Å². The Kier molecular flexibility index (Phi) is 6.38. The van der Waals surface area contributed by atoms with E-state index in [-0.39, 0.29) is 40.8 Å². The van der Waals surface area contributed by atoms with E-state index in [1.807, 2.05) is 0 Å². The van der Waals surface area contributed by atoms with Crippen LogP contribution in [0.3, 0.4) is 0 Å². The molecule has 35 heavy (non-hydrogen) atoms. The molecule has 0 bridgehead atoms. The smallest absolute Gasteiger partial charge is 0.270 e. The highest BCUT2D eigenvalue weighted by Gasteiger charge is 2.56. The molecule has 0 spiro atoms. The zero-order valence-corrected chi connectivity index (χ0v) is 21.4. The predicted molar refractivity (Wildman–Crippen MR) is 135 cm³/mol. The third kappa shape index (κ3) is 4.58. The van der Waals surface area contributed by atoms with Crippen molar-refractivity contribution in [1.29, 1.82) is 0 Å². The monoisotopic (exact) mass is 577 g/mol. The van der Waals surface area contributed by atoms with Crippen molar-refractivity contribution in [1.82, 2.24) is 14.7 Å². The lowest BCUT2D eigenvalue weighted by molar-refractivity contribution is -0.137. The van der Waals surface area contributed by atoms with Gasteiger partial charge in [-0.25, -0.2) is 4.39 Å². The van der Waals surface area contributed by atoms with Crippen LogP contribution >= 0.6 is 36.1 Å². The molecular formula is C23H19BrClFN5O3P. The number of carbonyl (C=O) groups is 3. The van der Waals surface area contributed by atoms with Crippen LogP contribution in [0.25, 0.3) is 11.1 Å². The van der Waals surface area contributed by atoms with Crippen LogP contribution in [0.1, 0.15) is 16.9 Å². The standard InChI is InChI=1S/C23H19BrClFN5O3P/c24-13-9-30(29-20(13)21(27)33)10-18(32)31-16(8-17-23(31)35-17)22(34)28-15-7-3-5-12(19(15)26)11-4-1-2-6-14(11)25/h1-7,9,16-17,23,35H,8,10H2,(H2,27,33)(H,28,34)/t16-,17+,23+/m0/s1. The van der Waals surface area contributed by atoms with Gasteiger partial charge in [0.15, 0.2) is 11.5 Å². The summed E-state index contributed by atoms with van der Waals surface area (Å²) in [5.74, 6) is -2.08. The number of hydrogen-bond acceptors (Lipinski definition) is 4. The molecule has 3 N–H and O–H groups in total. The number of hydrogen-bond donors (Lipinski definition) is 2. The highest BCUT2D eigenvalue weighted by Crippen LogP contribution is 2.59. The van der Waals surface area contributed by atoms with Gasteiger partial charge in [0.05, 0.1) is 15.9 Å². The number of primary amides is 1. The number of rotatable bonds is 6. The fourth-order valence-corrected chi connectivity index (χ4v) is 6.56. The Balaban J connectivity index is 1.34. The molecule has 5 rings (SSSR count). The first-order valence-corrected chi connectivity index (χ1v) is 13.0. The number of nitrogens with two attached hydrogens (primary N) is 1. The number of aromatic nitrogens is 2. The second kappa shape index (κ2) is 9.33. The molecular weight excluding hydrogens is 560 g/mol. The van der Waals surface area contributed by atoms with Crippen molar-refractivity contribution in [3.05, 3.63) is 69.7 Å². The number of likely N-dealkylation sites (tertiary alicyclic amines) is 1. The molecule has 0 radical (unpaired) electrons. The largest absolute Gasteiger partial charge is 0.364 e. The molecule has 2 aromatic carbocycles. The normalized spacial score (nSPS) is 21.1. The van der Waals surface area contributed by atoms with Crippen LogP contribution in [0.4, 0.5) is 10.1 Å². The van der Waals surface area contributed by atoms with E-state index in [2.05, 4.69) is 26.3 Å². The van der Waals surface area contributed by atoms with Crippen molar-refractivity contribution >= 4 is 59.5 Å². The van der Waals surface area contributed by atoms with Gasteiger partial charge >= 0.3 is 0 Å². The average Bonchev–Trinajstić information content (AvgIpc) is 3.31. The summed E-state index contributed by atoms with van der Waals surface area (Å²) in [6.07, 6.45) is 2.01. The fraction of sp³-hybridized carbons (Fsp3) is 0.217. The number of nitrogens with one attached hydrogen (secondary N) is 1. The Labute approximate surface area is 214 Å². The number of carbonyl (C=O) groups excluding carboxylic acids is 3. The van der Waals surface area contributed by atoms with Gasteiger partial charge in [0, 0.05) is 28.0 Å². The molecule has 1 unspecified atom stereocenters. The SMILES string of the molecule is NC(=O)c1nn(CC(=O)N2[C@@H]3P[C@@H]3C[C@H]2C(=O)Nc2cccc(-c3ccccc3Cl)c2F)cc1Br. The van der Waals surface area contributed by atoms with Crippen molar-refractivity contribution < 1.29 is 18.8 Å². The van der Waals surface area contributed by atoms with Crippen LogP contribution < -0.4 is 11.1 Å². The number of amides is 3. The molecule has 2 aliphatic heterocycles. The van der Waals surface area contributed by atoms with Crippen molar-refractivity contribution in [2.75, 3.05) is 5.32 Å². The van der Waals surface area contributed by atoms with Crippen molar-refractivity contribution in [2.45, 2.75) is 30.4 Å². The lowest BCUT2D eigenvalue weighted by Crippen LogP contribution is -2.46. The molecule has 8 nitrogen and oxygen atoms in total. The summed E-state index contributed by atoms with van der Waals surface area (Å²) in [6.45, 7) is -0.153. The van der Waals surface area contributed by atoms with E-state index < -0.39 is 23.7 Å². The van der Waals surface area contributed by atoms with Gasteiger partial charge in [-0.05, 0) is 34.5 Å². The molecule has 4 atom stereocenters. The van der Waals surface area contributed by atoms with E-state index in [4.69, 9.17) is 17.3 Å². The second-order valence-electron chi connectivity index (χ2n) is 8.29. The van der Waals surface area contributed by atoms with E-state index in [0.29, 0.717) is 30.1 Å².